The van der Waals surface area contributed by atoms with Crippen molar-refractivity contribution in [1.29, 1.82) is 0 Å². The SMILES string of the molecule is C=C1CCC(=O)N1OC(=O)Cc1ccc(OCc2ccccc2[N+](=O)[O-])c(C(F)F)c1. The second kappa shape index (κ2) is 9.33. The lowest BCUT2D eigenvalue weighted by Crippen LogP contribution is -2.27. The van der Waals surface area contributed by atoms with E-state index in [1.165, 1.54) is 30.3 Å². The van der Waals surface area contributed by atoms with Crippen LogP contribution in [0.3, 0.4) is 0 Å². The maximum Gasteiger partial charge on any atom is 0.337 e. The molecule has 31 heavy (non-hydrogen) atoms. The Morgan fingerprint density at radius 1 is 1.23 bits per heavy atom. The van der Waals surface area contributed by atoms with E-state index in [2.05, 4.69) is 6.58 Å². The smallest absolute Gasteiger partial charge is 0.337 e. The Morgan fingerprint density at radius 3 is 2.61 bits per heavy atom. The van der Waals surface area contributed by atoms with E-state index in [1.54, 1.807) is 6.07 Å². The van der Waals surface area contributed by atoms with Crippen LogP contribution >= 0.6 is 0 Å². The van der Waals surface area contributed by atoms with Crippen LogP contribution in [-0.2, 0) is 27.5 Å². The van der Waals surface area contributed by atoms with E-state index in [-0.39, 0.29) is 42.0 Å². The number of nitro benzene ring substituents is 1. The number of nitrogens with zero attached hydrogens (tertiary/aromatic N) is 2. The van der Waals surface area contributed by atoms with Crippen molar-refractivity contribution in [2.45, 2.75) is 32.3 Å². The van der Waals surface area contributed by atoms with Crippen LogP contribution < -0.4 is 4.74 Å². The van der Waals surface area contributed by atoms with Gasteiger partial charge in [-0.2, -0.15) is 0 Å². The Hall–Kier alpha value is -3.82. The zero-order chi connectivity index (χ0) is 22.5. The number of ether oxygens (including phenoxy) is 1. The normalized spacial score (nSPS) is 13.6. The fourth-order valence-electron chi connectivity index (χ4n) is 3.02. The van der Waals surface area contributed by atoms with Gasteiger partial charge in [-0.1, -0.05) is 24.8 Å². The van der Waals surface area contributed by atoms with Crippen molar-refractivity contribution in [1.82, 2.24) is 5.06 Å². The van der Waals surface area contributed by atoms with E-state index in [0.29, 0.717) is 12.1 Å². The summed E-state index contributed by atoms with van der Waals surface area (Å²) in [6.07, 6.45) is -2.68. The number of hydrogen-bond acceptors (Lipinski definition) is 6. The second-order valence-electron chi connectivity index (χ2n) is 6.74. The molecule has 1 amide bonds. The maximum absolute atomic E-state index is 13.5. The Kier molecular flexibility index (Phi) is 6.58. The van der Waals surface area contributed by atoms with Gasteiger partial charge in [0.1, 0.15) is 12.4 Å². The number of hydroxylamine groups is 2. The van der Waals surface area contributed by atoms with Crippen LogP contribution in [0, 0.1) is 10.1 Å². The van der Waals surface area contributed by atoms with Gasteiger partial charge in [0.15, 0.2) is 0 Å². The quantitative estimate of drug-likeness (QED) is 0.457. The number of nitro groups is 1. The minimum absolute atomic E-state index is 0.159. The van der Waals surface area contributed by atoms with Crippen molar-refractivity contribution < 1.29 is 32.9 Å². The molecule has 0 aliphatic carbocycles. The number of hydrogen-bond donors (Lipinski definition) is 0. The molecule has 0 bridgehead atoms. The molecule has 2 aromatic rings. The molecule has 1 aliphatic heterocycles. The second-order valence-corrected chi connectivity index (χ2v) is 6.74. The average molecular weight is 432 g/mol. The Labute approximate surface area is 175 Å². The van der Waals surface area contributed by atoms with E-state index < -0.39 is 28.8 Å². The first-order chi connectivity index (χ1) is 14.8. The lowest BCUT2D eigenvalue weighted by atomic mass is 10.1. The number of benzene rings is 2. The van der Waals surface area contributed by atoms with Crippen LogP contribution in [0.2, 0.25) is 0 Å². The van der Waals surface area contributed by atoms with Gasteiger partial charge in [0.2, 0.25) is 0 Å². The van der Waals surface area contributed by atoms with Crippen molar-refractivity contribution in [3.05, 3.63) is 81.5 Å². The van der Waals surface area contributed by atoms with Crippen LogP contribution in [0.15, 0.2) is 54.7 Å². The highest BCUT2D eigenvalue weighted by atomic mass is 19.3. The minimum atomic E-state index is -2.91. The molecule has 1 heterocycles. The van der Waals surface area contributed by atoms with Crippen LogP contribution in [-0.4, -0.2) is 21.9 Å². The van der Waals surface area contributed by atoms with Gasteiger partial charge in [0.25, 0.3) is 18.0 Å². The molecule has 10 heteroatoms. The van der Waals surface area contributed by atoms with Crippen molar-refractivity contribution >= 4 is 17.6 Å². The molecule has 8 nitrogen and oxygen atoms in total. The van der Waals surface area contributed by atoms with Crippen molar-refractivity contribution in [3.8, 4) is 5.75 Å². The summed E-state index contributed by atoms with van der Waals surface area (Å²) in [6, 6.07) is 9.60. The highest BCUT2D eigenvalue weighted by Crippen LogP contribution is 2.32. The monoisotopic (exact) mass is 432 g/mol. The van der Waals surface area contributed by atoms with Crippen molar-refractivity contribution in [2.75, 3.05) is 0 Å². The minimum Gasteiger partial charge on any atom is -0.488 e. The molecule has 2 aromatic carbocycles. The van der Waals surface area contributed by atoms with Gasteiger partial charge in [-0.25, -0.2) is 13.6 Å². The molecule has 1 fully saturated rings. The van der Waals surface area contributed by atoms with Gasteiger partial charge in [-0.3, -0.25) is 14.9 Å². The highest BCUT2D eigenvalue weighted by molar-refractivity contribution is 5.82. The molecule has 0 radical (unpaired) electrons. The zero-order valence-electron chi connectivity index (χ0n) is 16.3. The van der Waals surface area contributed by atoms with Crippen LogP contribution in [0.4, 0.5) is 14.5 Å². The Morgan fingerprint density at radius 2 is 1.97 bits per heavy atom. The first-order valence-corrected chi connectivity index (χ1v) is 9.24. The molecule has 0 atom stereocenters. The van der Waals surface area contributed by atoms with E-state index in [1.807, 2.05) is 0 Å². The van der Waals surface area contributed by atoms with Crippen molar-refractivity contribution in [2.24, 2.45) is 0 Å². The number of rotatable bonds is 8. The van der Waals surface area contributed by atoms with Crippen LogP contribution in [0.1, 0.15) is 36.0 Å². The number of para-hydroxylation sites is 1. The predicted octanol–water partition coefficient (Wildman–Crippen LogP) is 4.25. The third-order valence-corrected chi connectivity index (χ3v) is 4.56. The zero-order valence-corrected chi connectivity index (χ0v) is 16.3. The largest absolute Gasteiger partial charge is 0.488 e. The van der Waals surface area contributed by atoms with Gasteiger partial charge in [-0.05, 0) is 30.2 Å². The van der Waals surface area contributed by atoms with Gasteiger partial charge in [-0.15, -0.1) is 5.06 Å². The number of halogens is 2. The lowest BCUT2D eigenvalue weighted by Gasteiger charge is -2.16. The number of allylic oxidation sites excluding steroid dienone is 1. The van der Waals surface area contributed by atoms with Gasteiger partial charge < -0.3 is 9.57 Å². The molecule has 0 saturated carbocycles. The lowest BCUT2D eigenvalue weighted by molar-refractivity contribution is -0.385. The topological polar surface area (TPSA) is 99.0 Å². The average Bonchev–Trinajstić information content (AvgIpc) is 3.04. The van der Waals surface area contributed by atoms with E-state index in [0.717, 1.165) is 11.1 Å². The molecular weight excluding hydrogens is 414 g/mol. The first kappa shape index (κ1) is 21.9. The summed E-state index contributed by atoms with van der Waals surface area (Å²) in [6.45, 7) is 3.35. The Bertz CT molecular complexity index is 1020. The molecule has 0 N–H and O–H groups in total. The molecule has 1 aliphatic rings. The number of carbonyl (C=O) groups excluding carboxylic acids is 2. The molecule has 0 unspecified atom stereocenters. The van der Waals surface area contributed by atoms with Gasteiger partial charge in [0, 0.05) is 12.5 Å². The molecule has 0 spiro atoms. The van der Waals surface area contributed by atoms with Crippen LogP contribution in [0.5, 0.6) is 5.75 Å². The Balaban J connectivity index is 1.71. The van der Waals surface area contributed by atoms with E-state index in [9.17, 15) is 28.5 Å². The summed E-state index contributed by atoms with van der Waals surface area (Å²) >= 11 is 0. The summed E-state index contributed by atoms with van der Waals surface area (Å²) in [7, 11) is 0. The first-order valence-electron chi connectivity index (χ1n) is 9.24. The standard InChI is InChI=1S/C21H18F2N2O6/c1-13-6-9-19(26)24(13)31-20(27)11-14-7-8-18(16(10-14)21(22)23)30-12-15-4-2-3-5-17(15)25(28)29/h2-5,7-8,10,21H,1,6,9,11-12H2. The van der Waals surface area contributed by atoms with Crippen LogP contribution in [0.25, 0.3) is 0 Å². The van der Waals surface area contributed by atoms with Gasteiger partial charge >= 0.3 is 5.97 Å². The third-order valence-electron chi connectivity index (χ3n) is 4.56. The molecule has 1 saturated heterocycles. The predicted molar refractivity (Wildman–Crippen MR) is 104 cm³/mol. The highest BCUT2D eigenvalue weighted by Gasteiger charge is 2.28. The molecular formula is C21H18F2N2O6. The van der Waals surface area contributed by atoms with E-state index >= 15 is 0 Å². The summed E-state index contributed by atoms with van der Waals surface area (Å²) in [5.41, 5.74) is 0.168. The molecule has 3 rings (SSSR count). The summed E-state index contributed by atoms with van der Waals surface area (Å²) in [5, 5.41) is 11.9. The summed E-state index contributed by atoms with van der Waals surface area (Å²) < 4.78 is 32.5. The number of amides is 1. The number of alkyl halides is 2. The fraction of sp³-hybridized carbons (Fsp3) is 0.238. The van der Waals surface area contributed by atoms with E-state index in [4.69, 9.17) is 9.57 Å². The third kappa shape index (κ3) is 5.21. The molecule has 162 valence electrons. The number of carbonyl (C=O) groups is 2. The summed E-state index contributed by atoms with van der Waals surface area (Å²) in [4.78, 5) is 39.2. The summed E-state index contributed by atoms with van der Waals surface area (Å²) in [5.74, 6) is -1.36. The molecule has 0 aromatic heterocycles. The fourth-order valence-corrected chi connectivity index (χ4v) is 3.02. The van der Waals surface area contributed by atoms with Crippen molar-refractivity contribution in [3.63, 3.8) is 0 Å². The van der Waals surface area contributed by atoms with Gasteiger partial charge in [0.05, 0.1) is 28.2 Å². The maximum atomic E-state index is 13.5.